The molecule has 2 aromatic rings. The van der Waals surface area contributed by atoms with Gasteiger partial charge in [0.1, 0.15) is 5.82 Å². The molecular weight excluding hydrogens is 291 g/mol. The number of methoxy groups -OCH3 is 1. The van der Waals surface area contributed by atoms with Crippen molar-refractivity contribution in [2.75, 3.05) is 7.11 Å². The van der Waals surface area contributed by atoms with Crippen LogP contribution in [0, 0.1) is 5.82 Å². The third-order valence-corrected chi connectivity index (χ3v) is 4.25. The molecule has 0 amide bonds. The topological polar surface area (TPSA) is 43.4 Å². The standard InChI is InChI=1S/C16H15FO3S/c1-20-16(18)14-8-7-13(9-15(14)17)11-21(19)10-12-5-3-2-4-6-12/h2-9H,10-11H2,1H3. The lowest BCUT2D eigenvalue weighted by molar-refractivity contribution is 0.0595. The summed E-state index contributed by atoms with van der Waals surface area (Å²) in [6.07, 6.45) is 0. The van der Waals surface area contributed by atoms with Gasteiger partial charge in [-0.3, -0.25) is 4.21 Å². The first-order valence-electron chi connectivity index (χ1n) is 6.36. The number of ether oxygens (including phenoxy) is 1. The van der Waals surface area contributed by atoms with E-state index < -0.39 is 22.6 Å². The van der Waals surface area contributed by atoms with Gasteiger partial charge in [-0.2, -0.15) is 0 Å². The molecule has 0 spiro atoms. The van der Waals surface area contributed by atoms with Crippen molar-refractivity contribution in [3.05, 3.63) is 71.0 Å². The second-order valence-corrected chi connectivity index (χ2v) is 5.98. The molecule has 1 atom stereocenters. The number of halogens is 1. The number of esters is 1. The summed E-state index contributed by atoms with van der Waals surface area (Å²) in [6.45, 7) is 0. The molecule has 3 nitrogen and oxygen atoms in total. The molecule has 0 saturated carbocycles. The maximum absolute atomic E-state index is 13.8. The highest BCUT2D eigenvalue weighted by Gasteiger charge is 2.13. The Bertz CT molecular complexity index is 656. The summed E-state index contributed by atoms with van der Waals surface area (Å²) in [6, 6.07) is 13.7. The summed E-state index contributed by atoms with van der Waals surface area (Å²) < 4.78 is 30.3. The fourth-order valence-corrected chi connectivity index (χ4v) is 3.14. The van der Waals surface area contributed by atoms with E-state index in [0.29, 0.717) is 11.3 Å². The molecule has 2 rings (SSSR count). The minimum atomic E-state index is -1.13. The van der Waals surface area contributed by atoms with Crippen LogP contribution in [0.25, 0.3) is 0 Å². The molecule has 0 bridgehead atoms. The van der Waals surface area contributed by atoms with Crippen LogP contribution >= 0.6 is 0 Å². The number of hydrogen-bond donors (Lipinski definition) is 0. The minimum absolute atomic E-state index is 0.116. The van der Waals surface area contributed by atoms with Gasteiger partial charge < -0.3 is 4.74 Å². The Hall–Kier alpha value is -2.01. The summed E-state index contributed by atoms with van der Waals surface area (Å²) in [5.41, 5.74) is 1.45. The molecule has 110 valence electrons. The van der Waals surface area contributed by atoms with Crippen molar-refractivity contribution < 1.29 is 18.1 Å². The van der Waals surface area contributed by atoms with Crippen molar-refractivity contribution in [3.63, 3.8) is 0 Å². The number of carbonyl (C=O) groups excluding carboxylic acids is 1. The van der Waals surface area contributed by atoms with E-state index in [4.69, 9.17) is 0 Å². The number of benzene rings is 2. The first-order valence-corrected chi connectivity index (χ1v) is 7.84. The number of carbonyl (C=O) groups is 1. The summed E-state index contributed by atoms with van der Waals surface area (Å²) in [5.74, 6) is -0.713. The number of hydrogen-bond acceptors (Lipinski definition) is 3. The molecule has 5 heteroatoms. The molecule has 21 heavy (non-hydrogen) atoms. The second kappa shape index (κ2) is 7.13. The van der Waals surface area contributed by atoms with Crippen LogP contribution in [-0.2, 0) is 27.0 Å². The fourth-order valence-electron chi connectivity index (χ4n) is 1.92. The molecule has 0 fully saturated rings. The lowest BCUT2D eigenvalue weighted by atomic mass is 10.1. The van der Waals surface area contributed by atoms with Crippen molar-refractivity contribution >= 4 is 16.8 Å². The predicted octanol–water partition coefficient (Wildman–Crippen LogP) is 3.06. The maximum atomic E-state index is 13.8. The van der Waals surface area contributed by atoms with Crippen molar-refractivity contribution in [3.8, 4) is 0 Å². The average molecular weight is 306 g/mol. The van der Waals surface area contributed by atoms with E-state index in [1.54, 1.807) is 6.07 Å². The molecule has 0 aliphatic rings. The predicted molar refractivity (Wildman–Crippen MR) is 79.7 cm³/mol. The van der Waals surface area contributed by atoms with Crippen LogP contribution in [0.4, 0.5) is 4.39 Å². The quantitative estimate of drug-likeness (QED) is 0.797. The summed E-state index contributed by atoms with van der Waals surface area (Å²) in [7, 11) is 0.0668. The maximum Gasteiger partial charge on any atom is 0.340 e. The van der Waals surface area contributed by atoms with Gasteiger partial charge in [0.25, 0.3) is 0 Å². The van der Waals surface area contributed by atoms with E-state index in [-0.39, 0.29) is 11.3 Å². The van der Waals surface area contributed by atoms with Crippen LogP contribution < -0.4 is 0 Å². The minimum Gasteiger partial charge on any atom is -0.465 e. The van der Waals surface area contributed by atoms with Gasteiger partial charge in [0.15, 0.2) is 0 Å². The smallest absolute Gasteiger partial charge is 0.340 e. The Kier molecular flexibility index (Phi) is 5.22. The zero-order valence-electron chi connectivity index (χ0n) is 11.5. The van der Waals surface area contributed by atoms with Crippen LogP contribution in [-0.4, -0.2) is 17.3 Å². The monoisotopic (exact) mass is 306 g/mol. The van der Waals surface area contributed by atoms with Gasteiger partial charge in [-0.05, 0) is 23.3 Å². The van der Waals surface area contributed by atoms with E-state index in [2.05, 4.69) is 4.74 Å². The highest BCUT2D eigenvalue weighted by atomic mass is 32.2. The molecule has 0 aliphatic carbocycles. The third kappa shape index (κ3) is 4.23. The van der Waals surface area contributed by atoms with Crippen molar-refractivity contribution in [1.82, 2.24) is 0 Å². The molecule has 0 radical (unpaired) electrons. The second-order valence-electron chi connectivity index (χ2n) is 4.52. The van der Waals surface area contributed by atoms with E-state index in [1.165, 1.54) is 19.2 Å². The Morgan fingerprint density at radius 1 is 1.10 bits per heavy atom. The molecule has 2 aromatic carbocycles. The van der Waals surface area contributed by atoms with E-state index in [0.717, 1.165) is 5.56 Å². The Labute approximate surface area is 125 Å². The van der Waals surface area contributed by atoms with Crippen LogP contribution in [0.2, 0.25) is 0 Å². The largest absolute Gasteiger partial charge is 0.465 e. The SMILES string of the molecule is COC(=O)c1ccc(CS(=O)Cc2ccccc2)cc1F. The van der Waals surface area contributed by atoms with Crippen molar-refractivity contribution in [2.45, 2.75) is 11.5 Å². The summed E-state index contributed by atoms with van der Waals surface area (Å²) >= 11 is 0. The van der Waals surface area contributed by atoms with Gasteiger partial charge in [-0.1, -0.05) is 36.4 Å². The fraction of sp³-hybridized carbons (Fsp3) is 0.188. The highest BCUT2D eigenvalue weighted by molar-refractivity contribution is 7.83. The molecular formula is C16H15FO3S. The Morgan fingerprint density at radius 2 is 1.76 bits per heavy atom. The van der Waals surface area contributed by atoms with E-state index in [1.807, 2.05) is 30.3 Å². The van der Waals surface area contributed by atoms with Gasteiger partial charge in [0, 0.05) is 22.3 Å². The van der Waals surface area contributed by atoms with Crippen molar-refractivity contribution in [2.24, 2.45) is 0 Å². The lowest BCUT2D eigenvalue weighted by Crippen LogP contribution is -2.06. The van der Waals surface area contributed by atoms with Gasteiger partial charge in [0.2, 0.25) is 0 Å². The average Bonchev–Trinajstić information content (AvgIpc) is 2.47. The molecule has 0 aliphatic heterocycles. The van der Waals surface area contributed by atoms with Gasteiger partial charge in [-0.15, -0.1) is 0 Å². The highest BCUT2D eigenvalue weighted by Crippen LogP contribution is 2.14. The van der Waals surface area contributed by atoms with Gasteiger partial charge >= 0.3 is 5.97 Å². The first-order chi connectivity index (χ1) is 10.1. The molecule has 0 heterocycles. The zero-order chi connectivity index (χ0) is 15.2. The Morgan fingerprint density at radius 3 is 2.38 bits per heavy atom. The van der Waals surface area contributed by atoms with Gasteiger partial charge in [0.05, 0.1) is 12.7 Å². The van der Waals surface area contributed by atoms with E-state index in [9.17, 15) is 13.4 Å². The normalized spacial score (nSPS) is 11.9. The molecule has 0 saturated heterocycles. The number of rotatable bonds is 5. The third-order valence-electron chi connectivity index (χ3n) is 2.94. The van der Waals surface area contributed by atoms with Crippen molar-refractivity contribution in [1.29, 1.82) is 0 Å². The zero-order valence-corrected chi connectivity index (χ0v) is 12.4. The Balaban J connectivity index is 2.05. The van der Waals surface area contributed by atoms with Gasteiger partial charge in [-0.25, -0.2) is 9.18 Å². The first kappa shape index (κ1) is 15.4. The van der Waals surface area contributed by atoms with Crippen LogP contribution in [0.3, 0.4) is 0 Å². The molecule has 0 N–H and O–H groups in total. The molecule has 0 aromatic heterocycles. The van der Waals surface area contributed by atoms with Crippen LogP contribution in [0.15, 0.2) is 48.5 Å². The molecule has 1 unspecified atom stereocenters. The lowest BCUT2D eigenvalue weighted by Gasteiger charge is -2.06. The van der Waals surface area contributed by atoms with Crippen LogP contribution in [0.5, 0.6) is 0 Å². The summed E-state index contributed by atoms with van der Waals surface area (Å²) in [4.78, 5) is 11.3. The summed E-state index contributed by atoms with van der Waals surface area (Å²) in [5, 5.41) is 0. The van der Waals surface area contributed by atoms with E-state index >= 15 is 0 Å². The van der Waals surface area contributed by atoms with Crippen LogP contribution in [0.1, 0.15) is 21.5 Å².